The summed E-state index contributed by atoms with van der Waals surface area (Å²) < 4.78 is 15.3. The normalized spacial score (nSPS) is 11.7. The second-order valence-corrected chi connectivity index (χ2v) is 6.59. The lowest BCUT2D eigenvalue weighted by Crippen LogP contribution is -2.40. The fourth-order valence-electron chi connectivity index (χ4n) is 2.35. The highest BCUT2D eigenvalue weighted by Gasteiger charge is 2.16. The molecule has 0 atom stereocenters. The topological polar surface area (TPSA) is 66.9 Å². The number of H-pyrrole nitrogens is 1. The molecule has 6 heteroatoms. The summed E-state index contributed by atoms with van der Waals surface area (Å²) in [6.45, 7) is 8.05. The maximum Gasteiger partial charge on any atom is 0.328 e. The van der Waals surface area contributed by atoms with Gasteiger partial charge in [0.05, 0.1) is 0 Å². The zero-order valence-electron chi connectivity index (χ0n) is 13.9. The zero-order chi connectivity index (χ0) is 17.2. The van der Waals surface area contributed by atoms with Gasteiger partial charge in [-0.1, -0.05) is 12.1 Å². The zero-order valence-corrected chi connectivity index (χ0v) is 13.9. The van der Waals surface area contributed by atoms with E-state index in [0.29, 0.717) is 17.7 Å². The molecule has 1 aromatic heterocycles. The van der Waals surface area contributed by atoms with Crippen molar-refractivity contribution < 1.29 is 4.39 Å². The molecule has 0 unspecified atom stereocenters. The van der Waals surface area contributed by atoms with Crippen LogP contribution < -0.4 is 16.6 Å². The van der Waals surface area contributed by atoms with Gasteiger partial charge in [-0.3, -0.25) is 14.3 Å². The van der Waals surface area contributed by atoms with Crippen LogP contribution in [0.4, 0.5) is 4.39 Å². The fraction of sp³-hybridized carbons (Fsp3) is 0.412. The Morgan fingerprint density at radius 2 is 1.91 bits per heavy atom. The van der Waals surface area contributed by atoms with Crippen LogP contribution in [0.5, 0.6) is 0 Å². The Balaban J connectivity index is 2.18. The fourth-order valence-corrected chi connectivity index (χ4v) is 2.35. The van der Waals surface area contributed by atoms with Crippen LogP contribution in [0.15, 0.2) is 34.0 Å². The first-order valence-electron chi connectivity index (χ1n) is 7.50. The number of nitrogens with zero attached hydrogens (tertiary/aromatic N) is 1. The minimum Gasteiger partial charge on any atom is -0.308 e. The first kappa shape index (κ1) is 17.1. The lowest BCUT2D eigenvalue weighted by Gasteiger charge is -2.22. The predicted molar refractivity (Wildman–Crippen MR) is 88.0 cm³/mol. The van der Waals surface area contributed by atoms with Gasteiger partial charge < -0.3 is 5.32 Å². The molecule has 0 bridgehead atoms. The molecule has 2 N–H and O–H groups in total. The number of hydrogen-bond donors (Lipinski definition) is 2. The summed E-state index contributed by atoms with van der Waals surface area (Å²) in [6, 6.07) is 4.92. The summed E-state index contributed by atoms with van der Waals surface area (Å²) in [6.07, 6.45) is 1.56. The highest BCUT2D eigenvalue weighted by Crippen LogP contribution is 2.12. The van der Waals surface area contributed by atoms with E-state index in [1.54, 1.807) is 12.3 Å². The van der Waals surface area contributed by atoms with Crippen molar-refractivity contribution >= 4 is 0 Å². The van der Waals surface area contributed by atoms with Gasteiger partial charge in [0.15, 0.2) is 0 Å². The molecule has 0 spiro atoms. The van der Waals surface area contributed by atoms with Crippen LogP contribution in [0.25, 0.3) is 0 Å². The van der Waals surface area contributed by atoms with Crippen molar-refractivity contribution in [1.29, 1.82) is 0 Å². The monoisotopic (exact) mass is 319 g/mol. The predicted octanol–water partition coefficient (Wildman–Crippen LogP) is 2.03. The van der Waals surface area contributed by atoms with Crippen molar-refractivity contribution in [3.63, 3.8) is 0 Å². The first-order chi connectivity index (χ1) is 10.7. The van der Waals surface area contributed by atoms with Gasteiger partial charge in [-0.25, -0.2) is 9.18 Å². The molecule has 2 aromatic rings. The van der Waals surface area contributed by atoms with Crippen molar-refractivity contribution in [3.05, 3.63) is 67.7 Å². The highest BCUT2D eigenvalue weighted by atomic mass is 19.1. The lowest BCUT2D eigenvalue weighted by atomic mass is 10.1. The van der Waals surface area contributed by atoms with E-state index in [1.807, 2.05) is 33.8 Å². The maximum atomic E-state index is 13.8. The largest absolute Gasteiger partial charge is 0.328 e. The Hall–Kier alpha value is -2.21. The van der Waals surface area contributed by atoms with Gasteiger partial charge in [-0.2, -0.15) is 0 Å². The Morgan fingerprint density at radius 1 is 1.22 bits per heavy atom. The van der Waals surface area contributed by atoms with E-state index in [9.17, 15) is 14.0 Å². The summed E-state index contributed by atoms with van der Waals surface area (Å²) in [4.78, 5) is 26.1. The van der Waals surface area contributed by atoms with E-state index in [-0.39, 0.29) is 12.4 Å². The highest BCUT2D eigenvalue weighted by molar-refractivity contribution is 5.27. The Kier molecular flexibility index (Phi) is 4.85. The molecule has 0 aliphatic carbocycles. The summed E-state index contributed by atoms with van der Waals surface area (Å²) >= 11 is 0. The Morgan fingerprint density at radius 3 is 2.52 bits per heavy atom. The number of aromatic amines is 1. The van der Waals surface area contributed by atoms with E-state index in [1.165, 1.54) is 10.6 Å². The van der Waals surface area contributed by atoms with Crippen molar-refractivity contribution in [2.75, 3.05) is 0 Å². The number of hydrogen-bond acceptors (Lipinski definition) is 3. The number of nitrogens with one attached hydrogen (secondary N) is 2. The number of rotatable bonds is 4. The number of aryl methyl sites for hydroxylation is 1. The average Bonchev–Trinajstić information content (AvgIpc) is 2.42. The molecule has 1 aromatic carbocycles. The molecule has 124 valence electrons. The molecule has 2 rings (SSSR count). The molecule has 5 nitrogen and oxygen atoms in total. The number of halogens is 1. The molecule has 0 aliphatic rings. The van der Waals surface area contributed by atoms with E-state index in [2.05, 4.69) is 10.3 Å². The number of aromatic nitrogens is 2. The van der Waals surface area contributed by atoms with E-state index < -0.39 is 16.8 Å². The van der Waals surface area contributed by atoms with Gasteiger partial charge in [-0.05, 0) is 39.3 Å². The van der Waals surface area contributed by atoms with Crippen LogP contribution in [-0.4, -0.2) is 9.55 Å². The van der Waals surface area contributed by atoms with Crippen molar-refractivity contribution in [2.24, 2.45) is 0 Å². The quantitative estimate of drug-likeness (QED) is 0.906. The molecular formula is C17H22FN3O2. The van der Waals surface area contributed by atoms with E-state index >= 15 is 0 Å². The van der Waals surface area contributed by atoms with Crippen molar-refractivity contribution in [1.82, 2.24) is 14.9 Å². The van der Waals surface area contributed by atoms with Gasteiger partial charge in [-0.15, -0.1) is 0 Å². The Bertz CT molecular complexity index is 796. The van der Waals surface area contributed by atoms with Crippen LogP contribution in [0.1, 0.15) is 37.5 Å². The van der Waals surface area contributed by atoms with Gasteiger partial charge in [0.1, 0.15) is 5.82 Å². The molecule has 0 aliphatic heterocycles. The number of benzene rings is 1. The Labute approximate surface area is 134 Å². The van der Waals surface area contributed by atoms with Crippen molar-refractivity contribution in [3.8, 4) is 0 Å². The first-order valence-corrected chi connectivity index (χ1v) is 7.50. The van der Waals surface area contributed by atoms with Gasteiger partial charge >= 0.3 is 5.69 Å². The smallest absolute Gasteiger partial charge is 0.308 e. The minimum absolute atomic E-state index is 0.249. The summed E-state index contributed by atoms with van der Waals surface area (Å²) in [7, 11) is 0. The molecule has 23 heavy (non-hydrogen) atoms. The standard InChI is InChI=1S/C17H22FN3O2/c1-11-6-5-7-14(18)13(11)9-19-8-12-10-21(17(2,3)4)16(23)20-15(12)22/h5-7,10,19H,8-9H2,1-4H3,(H,20,22,23). The molecule has 0 amide bonds. The third kappa shape index (κ3) is 3.96. The average molecular weight is 319 g/mol. The SMILES string of the molecule is Cc1cccc(F)c1CNCc1cn(C(C)(C)C)c(=O)[nH]c1=O. The molecular weight excluding hydrogens is 297 g/mol. The minimum atomic E-state index is -0.434. The summed E-state index contributed by atoms with van der Waals surface area (Å²) in [5.74, 6) is -0.272. The molecule has 0 saturated carbocycles. The van der Waals surface area contributed by atoms with Gasteiger partial charge in [0.25, 0.3) is 5.56 Å². The molecule has 0 fully saturated rings. The summed E-state index contributed by atoms with van der Waals surface area (Å²) in [5, 5.41) is 3.06. The molecule has 0 radical (unpaired) electrons. The maximum absolute atomic E-state index is 13.8. The molecule has 0 saturated heterocycles. The van der Waals surface area contributed by atoms with Crippen molar-refractivity contribution in [2.45, 2.75) is 46.3 Å². The van der Waals surface area contributed by atoms with Crippen LogP contribution in [0, 0.1) is 12.7 Å². The molecule has 1 heterocycles. The summed E-state index contributed by atoms with van der Waals surface area (Å²) in [5.41, 5.74) is 0.579. The van der Waals surface area contributed by atoms with Crippen LogP contribution in [0.3, 0.4) is 0 Å². The van der Waals surface area contributed by atoms with Gasteiger partial charge in [0, 0.05) is 36.0 Å². The second-order valence-electron chi connectivity index (χ2n) is 6.59. The van der Waals surface area contributed by atoms with E-state index in [4.69, 9.17) is 0 Å². The lowest BCUT2D eigenvalue weighted by molar-refractivity contribution is 0.374. The van der Waals surface area contributed by atoms with E-state index in [0.717, 1.165) is 5.56 Å². The van der Waals surface area contributed by atoms with Crippen LogP contribution in [-0.2, 0) is 18.6 Å². The van der Waals surface area contributed by atoms with Gasteiger partial charge in [0.2, 0.25) is 0 Å². The van der Waals surface area contributed by atoms with Crippen LogP contribution >= 0.6 is 0 Å². The third-order valence-electron chi connectivity index (χ3n) is 3.71. The second kappa shape index (κ2) is 6.50. The van der Waals surface area contributed by atoms with Crippen LogP contribution in [0.2, 0.25) is 0 Å². The third-order valence-corrected chi connectivity index (χ3v) is 3.71.